The average Bonchev–Trinajstić information content (AvgIpc) is 2.65. The molecule has 1 aliphatic heterocycles. The number of carbonyl (C=O) groups excluding carboxylic acids is 1. The predicted molar refractivity (Wildman–Crippen MR) is 114 cm³/mol. The van der Waals surface area contributed by atoms with Crippen LogP contribution in [0.5, 0.6) is 5.75 Å². The number of hydrogen-bond donors (Lipinski definition) is 2. The van der Waals surface area contributed by atoms with E-state index in [9.17, 15) is 9.90 Å². The molecule has 0 saturated heterocycles. The molecule has 3 rings (SSSR count). The van der Waals surface area contributed by atoms with Crippen molar-refractivity contribution in [1.82, 2.24) is 10.2 Å². The van der Waals surface area contributed by atoms with Crippen molar-refractivity contribution in [2.45, 2.75) is 58.9 Å². The first-order valence-electron chi connectivity index (χ1n) is 10.1. The standard InChI is InChI=1S/C23H31ClN2O2/c1-23(2,3)17-4-7-20(8-5-17)26-12-10-19(11-13-26)25-22(28)15-16-14-18(24)6-9-21(16)27/h6,9-12,14,17,20,27H,4-5,7-8,13,15H2,1-3H3,(H,25,28). The molecule has 5 heteroatoms. The molecule has 2 N–H and O–H groups in total. The summed E-state index contributed by atoms with van der Waals surface area (Å²) < 4.78 is 0. The number of nitrogens with one attached hydrogen (secondary N) is 1. The number of halogens is 1. The quantitative estimate of drug-likeness (QED) is 0.743. The van der Waals surface area contributed by atoms with Crippen LogP contribution in [0.3, 0.4) is 0 Å². The Balaban J connectivity index is 1.49. The molecule has 0 spiro atoms. The van der Waals surface area contributed by atoms with Crippen LogP contribution >= 0.6 is 11.6 Å². The summed E-state index contributed by atoms with van der Waals surface area (Å²) in [7, 11) is 0. The second-order valence-corrected chi connectivity index (χ2v) is 9.48. The third-order valence-electron chi connectivity index (χ3n) is 6.03. The summed E-state index contributed by atoms with van der Waals surface area (Å²) >= 11 is 5.94. The lowest BCUT2D eigenvalue weighted by molar-refractivity contribution is -0.119. The summed E-state index contributed by atoms with van der Waals surface area (Å²) in [4.78, 5) is 14.7. The van der Waals surface area contributed by atoms with Crippen molar-refractivity contribution in [2.75, 3.05) is 6.54 Å². The number of benzene rings is 1. The van der Waals surface area contributed by atoms with Crippen molar-refractivity contribution >= 4 is 17.5 Å². The molecule has 1 saturated carbocycles. The van der Waals surface area contributed by atoms with Crippen LogP contribution in [0.25, 0.3) is 0 Å². The Kier molecular flexibility index (Phi) is 6.39. The van der Waals surface area contributed by atoms with E-state index >= 15 is 0 Å². The minimum Gasteiger partial charge on any atom is -0.508 e. The van der Waals surface area contributed by atoms with E-state index in [0.717, 1.165) is 18.2 Å². The molecule has 0 radical (unpaired) electrons. The van der Waals surface area contributed by atoms with Crippen molar-refractivity contribution in [1.29, 1.82) is 0 Å². The average molecular weight is 403 g/mol. The minimum atomic E-state index is -0.160. The molecule has 0 aromatic heterocycles. The van der Waals surface area contributed by atoms with Gasteiger partial charge in [-0.05, 0) is 67.4 Å². The van der Waals surface area contributed by atoms with Crippen molar-refractivity contribution in [3.8, 4) is 5.75 Å². The summed E-state index contributed by atoms with van der Waals surface area (Å²) in [6.45, 7) is 7.86. The van der Waals surface area contributed by atoms with E-state index in [4.69, 9.17) is 11.6 Å². The minimum absolute atomic E-state index is 0.0877. The van der Waals surface area contributed by atoms with E-state index in [-0.39, 0.29) is 18.1 Å². The smallest absolute Gasteiger partial charge is 0.228 e. The molecule has 1 fully saturated rings. The third kappa shape index (κ3) is 5.32. The SMILES string of the molecule is CC(C)(C)C1CCC(N2C=CC(NC(=O)Cc3cc(Cl)ccc3O)=CC2)CC1. The number of nitrogens with zero attached hydrogens (tertiary/aromatic N) is 1. The fraction of sp³-hybridized carbons (Fsp3) is 0.522. The Labute approximate surface area is 173 Å². The Morgan fingerprint density at radius 3 is 2.57 bits per heavy atom. The lowest BCUT2D eigenvalue weighted by atomic mass is 9.71. The number of phenolic OH excluding ortho intramolecular Hbond substituents is 1. The van der Waals surface area contributed by atoms with Crippen molar-refractivity contribution in [2.24, 2.45) is 11.3 Å². The molecule has 1 aromatic carbocycles. The molecule has 1 amide bonds. The normalized spacial score (nSPS) is 22.7. The summed E-state index contributed by atoms with van der Waals surface area (Å²) in [5.74, 6) is 0.739. The molecule has 1 aromatic rings. The summed E-state index contributed by atoms with van der Waals surface area (Å²) in [6.07, 6.45) is 11.3. The number of allylic oxidation sites excluding steroid dienone is 1. The van der Waals surface area contributed by atoms with Crippen LogP contribution in [-0.2, 0) is 11.2 Å². The number of carbonyl (C=O) groups is 1. The van der Waals surface area contributed by atoms with Gasteiger partial charge < -0.3 is 15.3 Å². The summed E-state index contributed by atoms with van der Waals surface area (Å²) in [6, 6.07) is 5.33. The maximum absolute atomic E-state index is 12.3. The van der Waals surface area contributed by atoms with Crippen LogP contribution in [0.15, 0.2) is 42.2 Å². The highest BCUT2D eigenvalue weighted by Crippen LogP contribution is 2.39. The molecule has 0 unspecified atom stereocenters. The first-order valence-corrected chi connectivity index (χ1v) is 10.5. The van der Waals surface area contributed by atoms with Crippen LogP contribution in [0, 0.1) is 11.3 Å². The first kappa shape index (κ1) is 20.8. The number of phenols is 1. The third-order valence-corrected chi connectivity index (χ3v) is 6.27. The van der Waals surface area contributed by atoms with Gasteiger partial charge in [-0.25, -0.2) is 0 Å². The van der Waals surface area contributed by atoms with Gasteiger partial charge in [-0.15, -0.1) is 0 Å². The van der Waals surface area contributed by atoms with Crippen LogP contribution in [0.2, 0.25) is 5.02 Å². The number of aromatic hydroxyl groups is 1. The lowest BCUT2D eigenvalue weighted by Gasteiger charge is -2.41. The molecular weight excluding hydrogens is 372 g/mol. The molecule has 2 aliphatic rings. The number of amides is 1. The fourth-order valence-electron chi connectivity index (χ4n) is 4.22. The molecular formula is C23H31ClN2O2. The van der Waals surface area contributed by atoms with Crippen molar-refractivity contribution in [3.63, 3.8) is 0 Å². The Morgan fingerprint density at radius 1 is 1.25 bits per heavy atom. The molecule has 1 heterocycles. The van der Waals surface area contributed by atoms with Crippen LogP contribution in [0.1, 0.15) is 52.0 Å². The van der Waals surface area contributed by atoms with E-state index in [1.807, 2.05) is 6.08 Å². The molecule has 28 heavy (non-hydrogen) atoms. The van der Waals surface area contributed by atoms with E-state index in [1.54, 1.807) is 12.1 Å². The van der Waals surface area contributed by atoms with Crippen molar-refractivity contribution in [3.05, 3.63) is 52.8 Å². The summed E-state index contributed by atoms with van der Waals surface area (Å²) in [5.41, 5.74) is 1.74. The number of hydrogen-bond acceptors (Lipinski definition) is 3. The fourth-order valence-corrected chi connectivity index (χ4v) is 4.41. The second-order valence-electron chi connectivity index (χ2n) is 9.04. The Morgan fingerprint density at radius 2 is 1.96 bits per heavy atom. The second kappa shape index (κ2) is 8.60. The van der Waals surface area contributed by atoms with Gasteiger partial charge in [0.2, 0.25) is 5.91 Å². The van der Waals surface area contributed by atoms with Gasteiger partial charge in [-0.1, -0.05) is 32.4 Å². The zero-order chi connectivity index (χ0) is 20.3. The van der Waals surface area contributed by atoms with Gasteiger partial charge in [-0.2, -0.15) is 0 Å². The van der Waals surface area contributed by atoms with Crippen LogP contribution in [0.4, 0.5) is 0 Å². The largest absolute Gasteiger partial charge is 0.508 e. The zero-order valence-electron chi connectivity index (χ0n) is 17.0. The van der Waals surface area contributed by atoms with Gasteiger partial charge in [0.05, 0.1) is 6.42 Å². The highest BCUT2D eigenvalue weighted by molar-refractivity contribution is 6.30. The van der Waals surface area contributed by atoms with E-state index in [1.165, 1.54) is 31.7 Å². The van der Waals surface area contributed by atoms with Crippen LogP contribution < -0.4 is 5.32 Å². The van der Waals surface area contributed by atoms with E-state index in [2.05, 4.69) is 43.3 Å². The highest BCUT2D eigenvalue weighted by Gasteiger charge is 2.31. The summed E-state index contributed by atoms with van der Waals surface area (Å²) in [5, 5.41) is 13.3. The molecule has 1 aliphatic carbocycles. The van der Waals surface area contributed by atoms with E-state index in [0.29, 0.717) is 22.0 Å². The van der Waals surface area contributed by atoms with E-state index < -0.39 is 0 Å². The lowest BCUT2D eigenvalue weighted by Crippen LogP contribution is -2.38. The molecule has 0 atom stereocenters. The highest BCUT2D eigenvalue weighted by atomic mass is 35.5. The maximum Gasteiger partial charge on any atom is 0.228 e. The van der Waals surface area contributed by atoms with Crippen molar-refractivity contribution < 1.29 is 9.90 Å². The van der Waals surface area contributed by atoms with Gasteiger partial charge in [0.15, 0.2) is 0 Å². The number of rotatable bonds is 4. The molecule has 4 nitrogen and oxygen atoms in total. The first-order chi connectivity index (χ1) is 13.2. The topological polar surface area (TPSA) is 52.6 Å². The van der Waals surface area contributed by atoms with Gasteiger partial charge in [0.25, 0.3) is 0 Å². The molecule has 152 valence electrons. The predicted octanol–water partition coefficient (Wildman–Crippen LogP) is 5.02. The molecule has 0 bridgehead atoms. The zero-order valence-corrected chi connectivity index (χ0v) is 17.8. The van der Waals surface area contributed by atoms with Gasteiger partial charge in [0.1, 0.15) is 5.75 Å². The Hall–Kier alpha value is -1.94. The van der Waals surface area contributed by atoms with Crippen LogP contribution in [-0.4, -0.2) is 28.5 Å². The van der Waals surface area contributed by atoms with Gasteiger partial charge >= 0.3 is 0 Å². The van der Waals surface area contributed by atoms with Gasteiger partial charge in [0, 0.05) is 35.1 Å². The monoisotopic (exact) mass is 402 g/mol. The maximum atomic E-state index is 12.3. The van der Waals surface area contributed by atoms with Gasteiger partial charge in [-0.3, -0.25) is 4.79 Å². The Bertz CT molecular complexity index is 771.